The van der Waals surface area contributed by atoms with Gasteiger partial charge >= 0.3 is 0 Å². The Morgan fingerprint density at radius 1 is 1.00 bits per heavy atom. The molecule has 2 nitrogen and oxygen atoms in total. The number of hydrogen-bond acceptors (Lipinski definition) is 2. The highest BCUT2D eigenvalue weighted by Gasteiger charge is 2.03. The molecule has 2 aromatic carbocycles. The number of hydrogen-bond donors (Lipinski definition) is 1. The van der Waals surface area contributed by atoms with Gasteiger partial charge < -0.3 is 10.6 Å². The van der Waals surface area contributed by atoms with E-state index in [1.54, 1.807) is 0 Å². The molecule has 0 unspecified atom stereocenters. The molecule has 0 heterocycles. The van der Waals surface area contributed by atoms with E-state index in [2.05, 4.69) is 49.2 Å². The monoisotopic (exact) mass is 254 g/mol. The summed E-state index contributed by atoms with van der Waals surface area (Å²) in [5.74, 6) is 0. The van der Waals surface area contributed by atoms with Gasteiger partial charge in [0, 0.05) is 25.0 Å². The van der Waals surface area contributed by atoms with Gasteiger partial charge in [-0.25, -0.2) is 0 Å². The third kappa shape index (κ3) is 3.50. The van der Waals surface area contributed by atoms with Gasteiger partial charge in [-0.1, -0.05) is 37.3 Å². The fraction of sp³-hybridized carbons (Fsp3) is 0.294. The zero-order chi connectivity index (χ0) is 13.7. The van der Waals surface area contributed by atoms with Gasteiger partial charge in [-0.3, -0.25) is 0 Å². The molecule has 2 heteroatoms. The Morgan fingerprint density at radius 2 is 1.68 bits per heavy atom. The Balaban J connectivity index is 1.97. The van der Waals surface area contributed by atoms with Crippen molar-refractivity contribution in [3.63, 3.8) is 0 Å². The quantitative estimate of drug-likeness (QED) is 0.827. The van der Waals surface area contributed by atoms with Crippen molar-refractivity contribution in [3.8, 4) is 0 Å². The van der Waals surface area contributed by atoms with Crippen LogP contribution in [0, 0.1) is 0 Å². The van der Waals surface area contributed by atoms with Crippen molar-refractivity contribution in [2.45, 2.75) is 19.8 Å². The number of para-hydroxylation sites is 1. The summed E-state index contributed by atoms with van der Waals surface area (Å²) >= 11 is 0. The highest BCUT2D eigenvalue weighted by Crippen LogP contribution is 2.16. The topological polar surface area (TPSA) is 29.3 Å². The maximum absolute atomic E-state index is 5.96. The minimum atomic E-state index is 0.886. The maximum atomic E-state index is 5.96. The van der Waals surface area contributed by atoms with Gasteiger partial charge in [-0.05, 0) is 42.2 Å². The van der Waals surface area contributed by atoms with Crippen molar-refractivity contribution in [2.75, 3.05) is 24.2 Å². The van der Waals surface area contributed by atoms with E-state index in [-0.39, 0.29) is 0 Å². The lowest BCUT2D eigenvalue weighted by Gasteiger charge is -2.20. The van der Waals surface area contributed by atoms with Gasteiger partial charge in [-0.15, -0.1) is 0 Å². The number of aryl methyl sites for hydroxylation is 1. The van der Waals surface area contributed by atoms with Crippen LogP contribution in [0.15, 0.2) is 48.5 Å². The number of nitrogen functional groups attached to an aromatic ring is 1. The second-order valence-corrected chi connectivity index (χ2v) is 4.89. The van der Waals surface area contributed by atoms with Crippen LogP contribution in [0.1, 0.15) is 18.1 Å². The molecule has 2 aromatic rings. The van der Waals surface area contributed by atoms with Gasteiger partial charge in [0.2, 0.25) is 0 Å². The lowest BCUT2D eigenvalue weighted by atomic mass is 10.1. The summed E-state index contributed by atoms with van der Waals surface area (Å²) in [5, 5.41) is 0. The molecule has 2 rings (SSSR count). The van der Waals surface area contributed by atoms with Crippen LogP contribution in [0.4, 0.5) is 11.4 Å². The van der Waals surface area contributed by atoms with E-state index in [1.807, 2.05) is 18.2 Å². The molecule has 0 aliphatic rings. The van der Waals surface area contributed by atoms with Crippen molar-refractivity contribution < 1.29 is 0 Å². The first-order valence-electron chi connectivity index (χ1n) is 6.84. The summed E-state index contributed by atoms with van der Waals surface area (Å²) in [5.41, 5.74) is 10.7. The lowest BCUT2D eigenvalue weighted by molar-refractivity contribution is 0.878. The van der Waals surface area contributed by atoms with Crippen LogP contribution in [-0.4, -0.2) is 13.6 Å². The summed E-state index contributed by atoms with van der Waals surface area (Å²) in [7, 11) is 2.13. The molecular formula is C17H22N2. The van der Waals surface area contributed by atoms with Crippen molar-refractivity contribution in [1.82, 2.24) is 0 Å². The summed E-state index contributed by atoms with van der Waals surface area (Å²) < 4.78 is 0. The number of benzene rings is 2. The molecular weight excluding hydrogens is 232 g/mol. The van der Waals surface area contributed by atoms with Crippen LogP contribution >= 0.6 is 0 Å². The summed E-state index contributed by atoms with van der Waals surface area (Å²) in [6, 6.07) is 16.9. The second-order valence-electron chi connectivity index (χ2n) is 4.89. The molecule has 2 N–H and O–H groups in total. The van der Waals surface area contributed by atoms with Crippen molar-refractivity contribution in [2.24, 2.45) is 0 Å². The SMILES string of the molecule is CCc1ccc(N(C)CCc2ccccc2N)cc1. The van der Waals surface area contributed by atoms with E-state index in [1.165, 1.54) is 16.8 Å². The third-order valence-electron chi connectivity index (χ3n) is 3.56. The van der Waals surface area contributed by atoms with Gasteiger partial charge in [0.15, 0.2) is 0 Å². The van der Waals surface area contributed by atoms with Crippen LogP contribution < -0.4 is 10.6 Å². The van der Waals surface area contributed by atoms with Crippen LogP contribution in [0.5, 0.6) is 0 Å². The largest absolute Gasteiger partial charge is 0.399 e. The molecule has 0 spiro atoms. The molecule has 0 saturated heterocycles. The lowest BCUT2D eigenvalue weighted by Crippen LogP contribution is -2.20. The van der Waals surface area contributed by atoms with E-state index in [4.69, 9.17) is 5.73 Å². The molecule has 0 aliphatic carbocycles. The van der Waals surface area contributed by atoms with Gasteiger partial charge in [0.25, 0.3) is 0 Å². The number of likely N-dealkylation sites (N-methyl/N-ethyl adjacent to an activating group) is 1. The Morgan fingerprint density at radius 3 is 2.32 bits per heavy atom. The molecule has 0 aromatic heterocycles. The molecule has 0 aliphatic heterocycles. The van der Waals surface area contributed by atoms with Crippen LogP contribution in [0.25, 0.3) is 0 Å². The fourth-order valence-electron chi connectivity index (χ4n) is 2.17. The minimum Gasteiger partial charge on any atom is -0.399 e. The Kier molecular flexibility index (Phi) is 4.45. The van der Waals surface area contributed by atoms with Gasteiger partial charge in [-0.2, -0.15) is 0 Å². The number of anilines is 2. The normalized spacial score (nSPS) is 10.4. The first-order valence-corrected chi connectivity index (χ1v) is 6.84. The zero-order valence-electron chi connectivity index (χ0n) is 11.8. The number of nitrogens with zero attached hydrogens (tertiary/aromatic N) is 1. The fourth-order valence-corrected chi connectivity index (χ4v) is 2.17. The summed E-state index contributed by atoms with van der Waals surface area (Å²) in [4.78, 5) is 2.27. The van der Waals surface area contributed by atoms with E-state index in [9.17, 15) is 0 Å². The first-order chi connectivity index (χ1) is 9.20. The van der Waals surface area contributed by atoms with E-state index in [0.717, 1.165) is 25.1 Å². The van der Waals surface area contributed by atoms with Crippen molar-refractivity contribution in [3.05, 3.63) is 59.7 Å². The van der Waals surface area contributed by atoms with E-state index >= 15 is 0 Å². The predicted octanol–water partition coefficient (Wildman–Crippen LogP) is 3.51. The number of rotatable bonds is 5. The van der Waals surface area contributed by atoms with Crippen molar-refractivity contribution >= 4 is 11.4 Å². The molecule has 100 valence electrons. The first kappa shape index (κ1) is 13.5. The molecule has 0 radical (unpaired) electrons. The highest BCUT2D eigenvalue weighted by atomic mass is 15.1. The predicted molar refractivity (Wildman–Crippen MR) is 83.6 cm³/mol. The van der Waals surface area contributed by atoms with E-state index < -0.39 is 0 Å². The smallest absolute Gasteiger partial charge is 0.0363 e. The van der Waals surface area contributed by atoms with Gasteiger partial charge in [0.05, 0.1) is 0 Å². The average molecular weight is 254 g/mol. The third-order valence-corrected chi connectivity index (χ3v) is 3.56. The zero-order valence-corrected chi connectivity index (χ0v) is 11.8. The molecule has 19 heavy (non-hydrogen) atoms. The maximum Gasteiger partial charge on any atom is 0.0363 e. The summed E-state index contributed by atoms with van der Waals surface area (Å²) in [6.45, 7) is 3.15. The minimum absolute atomic E-state index is 0.886. The molecule has 0 saturated carbocycles. The van der Waals surface area contributed by atoms with Crippen LogP contribution in [0.3, 0.4) is 0 Å². The Hall–Kier alpha value is -1.96. The number of nitrogens with two attached hydrogens (primary N) is 1. The highest BCUT2D eigenvalue weighted by molar-refractivity contribution is 5.49. The average Bonchev–Trinajstić information content (AvgIpc) is 2.46. The standard InChI is InChI=1S/C17H22N2/c1-3-14-8-10-16(11-9-14)19(2)13-12-15-6-4-5-7-17(15)18/h4-11H,3,12-13,18H2,1-2H3. The molecule has 0 fully saturated rings. The van der Waals surface area contributed by atoms with Crippen LogP contribution in [0.2, 0.25) is 0 Å². The van der Waals surface area contributed by atoms with Gasteiger partial charge in [0.1, 0.15) is 0 Å². The second kappa shape index (κ2) is 6.28. The van der Waals surface area contributed by atoms with Crippen molar-refractivity contribution in [1.29, 1.82) is 0 Å². The Labute approximate surface area is 115 Å². The molecule has 0 amide bonds. The van der Waals surface area contributed by atoms with E-state index in [0.29, 0.717) is 0 Å². The molecule has 0 bridgehead atoms. The van der Waals surface area contributed by atoms with Crippen LogP contribution in [-0.2, 0) is 12.8 Å². The molecule has 0 atom stereocenters. The Bertz CT molecular complexity index is 517. The summed E-state index contributed by atoms with van der Waals surface area (Å²) in [6.07, 6.45) is 2.06.